The second kappa shape index (κ2) is 9.95. The molecule has 0 aromatic heterocycles. The molecule has 0 atom stereocenters. The fourth-order valence-corrected chi connectivity index (χ4v) is 4.54. The van der Waals surface area contributed by atoms with E-state index in [1.54, 1.807) is 0 Å². The Bertz CT molecular complexity index is 974. The molecule has 2 aromatic carbocycles. The number of nitrogen functional groups attached to an aromatic ring is 2. The third-order valence-electron chi connectivity index (χ3n) is 3.15. The molecule has 0 saturated carbocycles. The van der Waals surface area contributed by atoms with E-state index in [4.69, 9.17) is 34.7 Å². The summed E-state index contributed by atoms with van der Waals surface area (Å²) in [6.45, 7) is 2.96. The molecule has 0 aliphatic rings. The minimum atomic E-state index is -4.55. The summed E-state index contributed by atoms with van der Waals surface area (Å²) in [6.07, 6.45) is 0. The number of rotatable bonds is 2. The zero-order valence-corrected chi connectivity index (χ0v) is 19.5. The van der Waals surface area contributed by atoms with Crippen molar-refractivity contribution in [3.8, 4) is 0 Å². The third kappa shape index (κ3) is 6.91. The molecular weight excluding hydrogens is 467 g/mol. The van der Waals surface area contributed by atoms with E-state index in [0.717, 1.165) is 0 Å². The Hall–Kier alpha value is -0.300. The van der Waals surface area contributed by atoms with Gasteiger partial charge in [0.05, 0.1) is 31.2 Å². The molecule has 0 radical (unpaired) electrons. The molecule has 4 N–H and O–H groups in total. The van der Waals surface area contributed by atoms with Crippen LogP contribution in [-0.2, 0) is 20.2 Å². The minimum absolute atomic E-state index is 0. The Morgan fingerprint density at radius 1 is 0.741 bits per heavy atom. The van der Waals surface area contributed by atoms with Crippen molar-refractivity contribution in [2.24, 2.45) is 0 Å². The molecular formula is C14H14CaCl2N2O6S2. The van der Waals surface area contributed by atoms with Crippen LogP contribution in [0.15, 0.2) is 34.1 Å². The van der Waals surface area contributed by atoms with E-state index in [1.807, 2.05) is 0 Å². The SMILES string of the molecule is Cc1ccc(N)c(Cl)c1S(=O)(=O)[O-].Cc1ccc(N)c(Cl)c1S(=O)(=O)[O-].[Ca+2]. The second-order valence-electron chi connectivity index (χ2n) is 5.14. The second-order valence-corrected chi connectivity index (χ2v) is 8.53. The summed E-state index contributed by atoms with van der Waals surface area (Å²) in [7, 11) is -9.10. The number of hydrogen-bond donors (Lipinski definition) is 2. The average molecular weight is 481 g/mol. The number of hydrogen-bond acceptors (Lipinski definition) is 8. The normalized spacial score (nSPS) is 11.2. The van der Waals surface area contributed by atoms with Crippen LogP contribution in [0.3, 0.4) is 0 Å². The largest absolute Gasteiger partial charge is 2.00 e. The zero-order chi connectivity index (χ0) is 20.4. The number of halogens is 2. The number of nitrogens with two attached hydrogens (primary N) is 2. The quantitative estimate of drug-likeness (QED) is 0.373. The fourth-order valence-electron chi connectivity index (χ4n) is 1.95. The van der Waals surface area contributed by atoms with Crippen LogP contribution in [0.4, 0.5) is 11.4 Å². The van der Waals surface area contributed by atoms with Gasteiger partial charge in [0.1, 0.15) is 20.2 Å². The van der Waals surface area contributed by atoms with Crippen LogP contribution in [0.5, 0.6) is 0 Å². The maximum atomic E-state index is 10.7. The van der Waals surface area contributed by atoms with Crippen LogP contribution < -0.4 is 11.5 Å². The van der Waals surface area contributed by atoms with Gasteiger partial charge in [0.2, 0.25) is 0 Å². The standard InChI is InChI=1S/2C7H8ClNO3S.Ca/c2*1-4-2-3-5(9)6(8)7(4)13(10,11)12;/h2*2-3H,9H2,1H3,(H,10,11,12);/q;;+2/p-2. The van der Waals surface area contributed by atoms with Gasteiger partial charge in [-0.25, -0.2) is 16.8 Å². The average Bonchev–Trinajstić information content (AvgIpc) is 2.45. The molecule has 0 bridgehead atoms. The van der Waals surface area contributed by atoms with Crippen LogP contribution >= 0.6 is 23.2 Å². The van der Waals surface area contributed by atoms with E-state index < -0.39 is 30.0 Å². The summed E-state index contributed by atoms with van der Waals surface area (Å²) in [5, 5.41) is -0.398. The summed E-state index contributed by atoms with van der Waals surface area (Å²) in [5.74, 6) is 0. The van der Waals surface area contributed by atoms with E-state index >= 15 is 0 Å². The third-order valence-corrected chi connectivity index (χ3v) is 6.24. The van der Waals surface area contributed by atoms with Crippen LogP contribution in [0.2, 0.25) is 10.0 Å². The van der Waals surface area contributed by atoms with Gasteiger partial charge >= 0.3 is 37.7 Å². The van der Waals surface area contributed by atoms with Gasteiger partial charge in [-0.2, -0.15) is 0 Å². The number of aryl methyl sites for hydroxylation is 2. The fraction of sp³-hybridized carbons (Fsp3) is 0.143. The Labute approximate surface area is 197 Å². The van der Waals surface area contributed by atoms with Crippen molar-refractivity contribution in [2.45, 2.75) is 23.6 Å². The first-order valence-corrected chi connectivity index (χ1v) is 10.3. The molecule has 0 amide bonds. The first kappa shape index (κ1) is 26.7. The van der Waals surface area contributed by atoms with Gasteiger partial charge < -0.3 is 20.6 Å². The molecule has 2 aromatic rings. The summed E-state index contributed by atoms with van der Waals surface area (Å²) in [6, 6.07) is 5.77. The van der Waals surface area contributed by atoms with Crippen molar-refractivity contribution in [1.82, 2.24) is 0 Å². The Kier molecular flexibility index (Phi) is 9.84. The van der Waals surface area contributed by atoms with Crippen LogP contribution in [-0.4, -0.2) is 63.7 Å². The Morgan fingerprint density at radius 3 is 1.19 bits per heavy atom. The monoisotopic (exact) mass is 480 g/mol. The van der Waals surface area contributed by atoms with Crippen molar-refractivity contribution in [1.29, 1.82) is 0 Å². The molecule has 8 nitrogen and oxygen atoms in total. The summed E-state index contributed by atoms with van der Waals surface area (Å²) >= 11 is 11.2. The maximum absolute atomic E-state index is 10.7. The molecule has 0 aliphatic carbocycles. The van der Waals surface area contributed by atoms with Gasteiger partial charge in [0.15, 0.2) is 0 Å². The van der Waals surface area contributed by atoms with Gasteiger partial charge in [0.25, 0.3) is 0 Å². The van der Waals surface area contributed by atoms with Crippen molar-refractivity contribution >= 4 is 92.6 Å². The van der Waals surface area contributed by atoms with Gasteiger partial charge in [0, 0.05) is 0 Å². The summed E-state index contributed by atoms with van der Waals surface area (Å²) in [5.41, 5.74) is 11.5. The summed E-state index contributed by atoms with van der Waals surface area (Å²) in [4.78, 5) is -0.872. The van der Waals surface area contributed by atoms with E-state index in [9.17, 15) is 25.9 Å². The smallest absolute Gasteiger partial charge is 0.744 e. The van der Waals surface area contributed by atoms with Crippen molar-refractivity contribution < 1.29 is 25.9 Å². The molecule has 27 heavy (non-hydrogen) atoms. The molecule has 0 aliphatic heterocycles. The molecule has 0 spiro atoms. The Balaban J connectivity index is 0.000000483. The minimum Gasteiger partial charge on any atom is -0.744 e. The molecule has 2 rings (SSSR count). The zero-order valence-electron chi connectivity index (χ0n) is 14.2. The van der Waals surface area contributed by atoms with E-state index in [-0.39, 0.29) is 59.2 Å². The molecule has 0 heterocycles. The molecule has 0 unspecified atom stereocenters. The van der Waals surface area contributed by atoms with E-state index in [2.05, 4.69) is 0 Å². The predicted molar refractivity (Wildman–Crippen MR) is 103 cm³/mol. The molecule has 13 heteroatoms. The summed E-state index contributed by atoms with van der Waals surface area (Å²) < 4.78 is 64.4. The van der Waals surface area contributed by atoms with Gasteiger partial charge in [-0.1, -0.05) is 35.3 Å². The van der Waals surface area contributed by atoms with E-state index in [1.165, 1.54) is 38.1 Å². The topological polar surface area (TPSA) is 166 Å². The number of benzene rings is 2. The molecule has 0 fully saturated rings. The predicted octanol–water partition coefficient (Wildman–Crippen LogP) is 1.89. The molecule has 144 valence electrons. The first-order valence-electron chi connectivity index (χ1n) is 6.68. The van der Waals surface area contributed by atoms with Gasteiger partial charge in [-0.3, -0.25) is 0 Å². The van der Waals surface area contributed by atoms with Gasteiger partial charge in [-0.05, 0) is 37.1 Å². The van der Waals surface area contributed by atoms with Crippen molar-refractivity contribution in [3.63, 3.8) is 0 Å². The Morgan fingerprint density at radius 2 is 1.00 bits per heavy atom. The first-order chi connectivity index (χ1) is 11.7. The van der Waals surface area contributed by atoms with Crippen molar-refractivity contribution in [2.75, 3.05) is 11.5 Å². The maximum Gasteiger partial charge on any atom is 2.00 e. The van der Waals surface area contributed by atoms with Crippen molar-refractivity contribution in [3.05, 3.63) is 45.4 Å². The number of anilines is 2. The van der Waals surface area contributed by atoms with Gasteiger partial charge in [-0.15, -0.1) is 0 Å². The molecule has 0 saturated heterocycles. The van der Waals surface area contributed by atoms with E-state index in [0.29, 0.717) is 11.1 Å². The van der Waals surface area contributed by atoms with Crippen LogP contribution in [0.25, 0.3) is 0 Å². The van der Waals surface area contributed by atoms with Crippen LogP contribution in [0, 0.1) is 13.8 Å². The van der Waals surface area contributed by atoms with Crippen LogP contribution in [0.1, 0.15) is 11.1 Å².